The van der Waals surface area contributed by atoms with E-state index < -0.39 is 81.3 Å². The second-order valence-electron chi connectivity index (χ2n) is 15.2. The van der Waals surface area contributed by atoms with Gasteiger partial charge in [-0.15, -0.1) is 0 Å². The summed E-state index contributed by atoms with van der Waals surface area (Å²) in [5, 5.41) is 68.3. The van der Waals surface area contributed by atoms with Crippen molar-refractivity contribution < 1.29 is 68.6 Å². The highest BCUT2D eigenvalue weighted by Crippen LogP contribution is 2.61. The Kier molecular flexibility index (Phi) is 7.71. The van der Waals surface area contributed by atoms with Crippen LogP contribution in [0.4, 0.5) is 0 Å². The Bertz CT molecular complexity index is 2260. The molecular formula is C42H38O14. The predicted octanol–water partition coefficient (Wildman–Crippen LogP) is 6.03. The largest absolute Gasteiger partial charge is 0.507 e. The van der Waals surface area contributed by atoms with Crippen molar-refractivity contribution >= 4 is 23.7 Å². The van der Waals surface area contributed by atoms with Crippen LogP contribution >= 0.6 is 0 Å². The first-order valence-electron chi connectivity index (χ1n) is 17.5. The zero-order valence-electron chi connectivity index (χ0n) is 31.1. The quantitative estimate of drug-likeness (QED) is 0.137. The smallest absolute Gasteiger partial charge is 0.202 e. The summed E-state index contributed by atoms with van der Waals surface area (Å²) in [6.07, 6.45) is 6.84. The van der Waals surface area contributed by atoms with E-state index in [9.17, 15) is 30.6 Å². The highest BCUT2D eigenvalue weighted by Gasteiger charge is 2.68. The average molecular weight is 767 g/mol. The van der Waals surface area contributed by atoms with Crippen LogP contribution in [0.25, 0.3) is 12.2 Å². The second-order valence-corrected chi connectivity index (χ2v) is 15.2. The Morgan fingerprint density at radius 2 is 0.875 bits per heavy atom. The van der Waals surface area contributed by atoms with Crippen molar-refractivity contribution in [2.24, 2.45) is 0 Å². The Balaban J connectivity index is 1.49. The molecule has 6 N–H and O–H groups in total. The monoisotopic (exact) mass is 766 g/mol. The summed E-state index contributed by atoms with van der Waals surface area (Å²) in [5.41, 5.74) is -6.97. The summed E-state index contributed by atoms with van der Waals surface area (Å²) in [7, 11) is 2.41. The molecule has 4 heterocycles. The van der Waals surface area contributed by atoms with Gasteiger partial charge in [0.25, 0.3) is 0 Å². The number of phenols is 6. The molecule has 0 aromatic heterocycles. The molecule has 290 valence electrons. The molecule has 8 rings (SSSR count). The molecule has 0 bridgehead atoms. The van der Waals surface area contributed by atoms with Gasteiger partial charge in [0.15, 0.2) is 34.6 Å². The third kappa shape index (κ3) is 4.87. The second kappa shape index (κ2) is 11.9. The molecule has 0 amide bonds. The van der Waals surface area contributed by atoms with E-state index in [1.807, 2.05) is 0 Å². The summed E-state index contributed by atoms with van der Waals surface area (Å²) in [6.45, 7) is 5.75. The molecule has 14 nitrogen and oxygen atoms in total. The number of Topliss-reactive ketones (excluding diaryl/α,β-unsaturated/α-hetero) is 2. The Morgan fingerprint density at radius 3 is 1.20 bits per heavy atom. The number of benzene rings is 4. The molecule has 2 atom stereocenters. The van der Waals surface area contributed by atoms with Crippen molar-refractivity contribution in [3.8, 4) is 69.0 Å². The number of fused-ring (bicyclic) bond motifs is 6. The van der Waals surface area contributed by atoms with E-state index in [2.05, 4.69) is 0 Å². The van der Waals surface area contributed by atoms with Crippen LogP contribution in [0.15, 0.2) is 48.6 Å². The number of hydrogen-bond donors (Lipinski definition) is 6. The number of carbonyl (C=O) groups is 2. The van der Waals surface area contributed by atoms with E-state index in [-0.39, 0.29) is 56.8 Å². The molecule has 4 aliphatic heterocycles. The van der Waals surface area contributed by atoms with Gasteiger partial charge < -0.3 is 59.1 Å². The third-order valence-electron chi connectivity index (χ3n) is 10.9. The maximum Gasteiger partial charge on any atom is 0.202 e. The number of methoxy groups -OCH3 is 2. The number of phenolic OH excluding ortho intramolecular Hbond substituents is 6. The van der Waals surface area contributed by atoms with Gasteiger partial charge >= 0.3 is 0 Å². The van der Waals surface area contributed by atoms with Gasteiger partial charge in [-0.25, -0.2) is 0 Å². The lowest BCUT2D eigenvalue weighted by molar-refractivity contribution is 0.0331. The molecule has 0 saturated heterocycles. The molecule has 56 heavy (non-hydrogen) atoms. The molecule has 0 saturated carbocycles. The van der Waals surface area contributed by atoms with Crippen molar-refractivity contribution in [2.45, 2.75) is 49.7 Å². The van der Waals surface area contributed by atoms with Gasteiger partial charge in [0.05, 0.1) is 25.3 Å². The van der Waals surface area contributed by atoms with Crippen molar-refractivity contribution in [3.05, 3.63) is 81.9 Å². The topological polar surface area (TPSA) is 211 Å². The van der Waals surface area contributed by atoms with E-state index in [0.29, 0.717) is 11.1 Å². The van der Waals surface area contributed by atoms with Crippen molar-refractivity contribution in [3.63, 3.8) is 0 Å². The number of hydrogen-bond acceptors (Lipinski definition) is 14. The molecule has 0 spiro atoms. The molecule has 0 fully saturated rings. The SMILES string of the molecule is COc1c(O)cc(C2(C3(c4cc(O)c(OC)c(O)c4)COc4c5c(cc(O)c4C3=O)OC(C)(C)C=C5)COc3c4c(cc(O)c3C2=O)OC(C)(C)C=C4)cc1O. The van der Waals surface area contributed by atoms with Crippen LogP contribution < -0.4 is 28.4 Å². The van der Waals surface area contributed by atoms with Crippen LogP contribution in [0.5, 0.6) is 69.0 Å². The molecule has 4 aromatic carbocycles. The summed E-state index contributed by atoms with van der Waals surface area (Å²) in [6, 6.07) is 6.90. The van der Waals surface area contributed by atoms with Crippen LogP contribution in [0.3, 0.4) is 0 Å². The van der Waals surface area contributed by atoms with E-state index in [1.165, 1.54) is 26.4 Å². The number of carbonyl (C=O) groups excluding carboxylic acids is 2. The zero-order valence-corrected chi connectivity index (χ0v) is 31.1. The predicted molar refractivity (Wildman–Crippen MR) is 199 cm³/mol. The minimum atomic E-state index is -2.44. The van der Waals surface area contributed by atoms with Gasteiger partial charge in [0.2, 0.25) is 11.5 Å². The van der Waals surface area contributed by atoms with E-state index >= 15 is 9.59 Å². The molecule has 2 unspecified atom stereocenters. The zero-order chi connectivity index (χ0) is 40.3. The average Bonchev–Trinajstić information content (AvgIpc) is 3.10. The lowest BCUT2D eigenvalue weighted by atomic mass is 9.51. The lowest BCUT2D eigenvalue weighted by Crippen LogP contribution is -2.66. The fourth-order valence-corrected chi connectivity index (χ4v) is 8.28. The summed E-state index contributed by atoms with van der Waals surface area (Å²) < 4.78 is 35.5. The first kappa shape index (κ1) is 36.3. The van der Waals surface area contributed by atoms with E-state index in [4.69, 9.17) is 28.4 Å². The first-order valence-corrected chi connectivity index (χ1v) is 17.5. The highest BCUT2D eigenvalue weighted by molar-refractivity contribution is 6.20. The minimum Gasteiger partial charge on any atom is -0.507 e. The summed E-state index contributed by atoms with van der Waals surface area (Å²) in [5.74, 6) is -5.98. The number of ketones is 2. The van der Waals surface area contributed by atoms with E-state index in [0.717, 1.165) is 24.3 Å². The fourth-order valence-electron chi connectivity index (χ4n) is 8.28. The minimum absolute atomic E-state index is 0.0729. The fraction of sp³-hybridized carbons (Fsp3) is 0.286. The Labute approximate surface area is 320 Å². The number of aromatic hydroxyl groups is 6. The van der Waals surface area contributed by atoms with Gasteiger partial charge in [-0.3, -0.25) is 9.59 Å². The van der Waals surface area contributed by atoms with Crippen LogP contribution in [0, 0.1) is 0 Å². The number of ether oxygens (including phenoxy) is 6. The standard InChI is InChI=1S/C42H38O14/c1-39(2)9-7-21-29(55-39)15-23(43)31-33(21)53-17-41(37(31)49,19-11-25(45)35(51-5)26(46)12-19)42(20-13-27(47)36(52-6)28(48)14-20)18-54-34-22-8-10-40(3,4)56-30(22)16-24(44)32(34)38(42)50/h7-16,43-48H,17-18H2,1-6H3. The van der Waals surface area contributed by atoms with Crippen molar-refractivity contribution in [1.82, 2.24) is 0 Å². The Hall–Kier alpha value is -6.70. The maximum absolute atomic E-state index is 15.8. The highest BCUT2D eigenvalue weighted by atomic mass is 16.5. The van der Waals surface area contributed by atoms with Crippen LogP contribution in [0.2, 0.25) is 0 Å². The normalized spacial score (nSPS) is 22.2. The molecule has 4 aromatic rings. The lowest BCUT2D eigenvalue weighted by Gasteiger charge is -2.52. The first-order chi connectivity index (χ1) is 26.4. The van der Waals surface area contributed by atoms with Gasteiger partial charge in [-0.05, 0) is 87.4 Å². The van der Waals surface area contributed by atoms with E-state index in [1.54, 1.807) is 52.0 Å². The van der Waals surface area contributed by atoms with Crippen LogP contribution in [0.1, 0.15) is 70.7 Å². The van der Waals surface area contributed by atoms with Crippen molar-refractivity contribution in [1.29, 1.82) is 0 Å². The molecule has 0 radical (unpaired) electrons. The Morgan fingerprint density at radius 1 is 0.536 bits per heavy atom. The molecular weight excluding hydrogens is 728 g/mol. The summed E-state index contributed by atoms with van der Waals surface area (Å²) in [4.78, 5) is 31.6. The van der Waals surface area contributed by atoms with Gasteiger partial charge in [-0.1, -0.05) is 0 Å². The van der Waals surface area contributed by atoms with Crippen LogP contribution in [-0.2, 0) is 10.8 Å². The van der Waals surface area contributed by atoms with Gasteiger partial charge in [-0.2, -0.15) is 0 Å². The molecule has 14 heteroatoms. The number of rotatable bonds is 5. The van der Waals surface area contributed by atoms with Gasteiger partial charge in [0.1, 0.15) is 80.9 Å². The van der Waals surface area contributed by atoms with Gasteiger partial charge in [0, 0.05) is 12.1 Å². The summed E-state index contributed by atoms with van der Waals surface area (Å²) >= 11 is 0. The molecule has 0 aliphatic carbocycles. The maximum atomic E-state index is 15.8. The van der Waals surface area contributed by atoms with Crippen LogP contribution in [-0.4, -0.2) is 80.8 Å². The molecule has 4 aliphatic rings. The third-order valence-corrected chi connectivity index (χ3v) is 10.9. The van der Waals surface area contributed by atoms with Crippen molar-refractivity contribution in [2.75, 3.05) is 27.4 Å².